The Bertz CT molecular complexity index is 1410. The number of aryl methyl sites for hydroxylation is 1. The summed E-state index contributed by atoms with van der Waals surface area (Å²) < 4.78 is 2.26. The molecule has 0 saturated carbocycles. The Labute approximate surface area is 204 Å². The zero-order valence-corrected chi connectivity index (χ0v) is 19.8. The van der Waals surface area contributed by atoms with E-state index < -0.39 is 0 Å². The molecule has 1 aliphatic carbocycles. The third kappa shape index (κ3) is 4.34. The highest BCUT2D eigenvalue weighted by atomic mass is 35.5. The summed E-state index contributed by atoms with van der Waals surface area (Å²) in [4.78, 5) is 16.5. The molecule has 0 bridgehead atoms. The maximum absolute atomic E-state index is 11.1. The van der Waals surface area contributed by atoms with Crippen molar-refractivity contribution >= 4 is 45.9 Å². The summed E-state index contributed by atoms with van der Waals surface area (Å²) >= 11 is 13.9. The van der Waals surface area contributed by atoms with E-state index in [4.69, 9.17) is 28.2 Å². The number of nitrogens with zero attached hydrogens (tertiary/aromatic N) is 3. The monoisotopic (exact) mass is 495 g/mol. The van der Waals surface area contributed by atoms with Crippen molar-refractivity contribution in [1.82, 2.24) is 4.57 Å². The first-order valence-corrected chi connectivity index (χ1v) is 12.2. The lowest BCUT2D eigenvalue weighted by atomic mass is 9.87. The van der Waals surface area contributed by atoms with Crippen molar-refractivity contribution in [2.24, 2.45) is 4.99 Å². The summed E-state index contributed by atoms with van der Waals surface area (Å²) in [6.07, 6.45) is 3.13. The molecule has 1 aromatic heterocycles. The van der Waals surface area contributed by atoms with E-state index in [2.05, 4.69) is 34.2 Å². The zero-order valence-electron chi connectivity index (χ0n) is 17.4. The summed E-state index contributed by atoms with van der Waals surface area (Å²) in [5.41, 5.74) is 5.33. The van der Waals surface area contributed by atoms with E-state index in [0.29, 0.717) is 10.0 Å². The Kier molecular flexibility index (Phi) is 6.06. The van der Waals surface area contributed by atoms with Gasteiger partial charge < -0.3 is 4.57 Å². The van der Waals surface area contributed by atoms with Crippen LogP contribution in [-0.4, -0.2) is 9.49 Å². The molecule has 0 saturated heterocycles. The van der Waals surface area contributed by atoms with E-state index in [1.807, 2.05) is 6.07 Å². The van der Waals surface area contributed by atoms with E-state index in [0.717, 1.165) is 41.0 Å². The number of non-ortho nitro benzene ring substituents is 1. The number of fused-ring (bicyclic) bond motifs is 1. The van der Waals surface area contributed by atoms with Gasteiger partial charge in [-0.1, -0.05) is 47.5 Å². The van der Waals surface area contributed by atoms with Gasteiger partial charge in [-0.3, -0.25) is 10.1 Å². The van der Waals surface area contributed by atoms with Gasteiger partial charge in [-0.15, -0.1) is 11.3 Å². The van der Waals surface area contributed by atoms with Crippen LogP contribution >= 0.6 is 34.5 Å². The summed E-state index contributed by atoms with van der Waals surface area (Å²) in [6.45, 7) is 0. The molecule has 0 aliphatic heterocycles. The molecule has 1 aliphatic rings. The van der Waals surface area contributed by atoms with E-state index in [1.165, 1.54) is 11.1 Å². The van der Waals surface area contributed by atoms with Crippen LogP contribution < -0.4 is 4.80 Å². The molecule has 4 aromatic rings. The van der Waals surface area contributed by atoms with Crippen LogP contribution in [0.25, 0.3) is 11.3 Å². The van der Waals surface area contributed by atoms with Crippen LogP contribution in [-0.2, 0) is 6.42 Å². The van der Waals surface area contributed by atoms with Crippen molar-refractivity contribution in [3.63, 3.8) is 0 Å². The van der Waals surface area contributed by atoms with Gasteiger partial charge in [0.15, 0.2) is 4.80 Å². The highest BCUT2D eigenvalue weighted by Gasteiger charge is 2.25. The smallest absolute Gasteiger partial charge is 0.269 e. The summed E-state index contributed by atoms with van der Waals surface area (Å²) in [6, 6.07) is 20.7. The Hall–Kier alpha value is -2.93. The molecule has 1 atom stereocenters. The van der Waals surface area contributed by atoms with Gasteiger partial charge in [0.2, 0.25) is 0 Å². The van der Waals surface area contributed by atoms with Gasteiger partial charge in [0.25, 0.3) is 5.69 Å². The molecule has 0 radical (unpaired) electrons. The largest absolute Gasteiger partial charge is 0.309 e. The number of nitro benzene ring substituents is 1. The number of nitro groups is 1. The molecule has 33 heavy (non-hydrogen) atoms. The fraction of sp³-hybridized carbons (Fsp3) is 0.160. The molecule has 5 nitrogen and oxygen atoms in total. The number of thiazole rings is 1. The number of halogens is 2. The molecule has 166 valence electrons. The fourth-order valence-electron chi connectivity index (χ4n) is 4.33. The molecule has 1 heterocycles. The normalized spacial score (nSPS) is 15.9. The lowest BCUT2D eigenvalue weighted by Crippen LogP contribution is -2.26. The first-order chi connectivity index (χ1) is 16.0. The molecule has 0 amide bonds. The van der Waals surface area contributed by atoms with Crippen LogP contribution in [0.1, 0.15) is 30.0 Å². The van der Waals surface area contributed by atoms with Crippen molar-refractivity contribution in [3.05, 3.63) is 108 Å². The van der Waals surface area contributed by atoms with Gasteiger partial charge in [-0.25, -0.2) is 4.99 Å². The molecule has 0 N–H and O–H groups in total. The number of hydrogen-bond acceptors (Lipinski definition) is 4. The van der Waals surface area contributed by atoms with Gasteiger partial charge in [-0.05, 0) is 66.3 Å². The average molecular weight is 496 g/mol. The third-order valence-electron chi connectivity index (χ3n) is 5.89. The minimum Gasteiger partial charge on any atom is -0.309 e. The fourth-order valence-corrected chi connectivity index (χ4v) is 5.59. The SMILES string of the molecule is O=[N+]([O-])c1ccc(-c2csc(=Nc3ccc(Cl)c(Cl)c3)n2C2CCCc3ccccc32)cc1. The standard InChI is InChI=1S/C25H19Cl2N3O2S/c26-21-13-10-18(14-22(21)27)28-25-29(23-7-3-5-16-4-1-2-6-20(16)23)24(15-33-25)17-8-11-19(12-9-17)30(31)32/h1-2,4,6,8-15,23H,3,5,7H2. The second-order valence-corrected chi connectivity index (χ2v) is 9.55. The van der Waals surface area contributed by atoms with Gasteiger partial charge in [0.1, 0.15) is 0 Å². The molecule has 0 spiro atoms. The van der Waals surface area contributed by atoms with Crippen molar-refractivity contribution in [3.8, 4) is 11.3 Å². The van der Waals surface area contributed by atoms with Crippen molar-refractivity contribution in [2.45, 2.75) is 25.3 Å². The third-order valence-corrected chi connectivity index (χ3v) is 7.47. The van der Waals surface area contributed by atoms with Crippen molar-refractivity contribution in [1.29, 1.82) is 0 Å². The first kappa shape index (κ1) is 21.9. The number of aromatic nitrogens is 1. The molecule has 8 heteroatoms. The molecule has 3 aromatic carbocycles. The van der Waals surface area contributed by atoms with Crippen LogP contribution in [0.2, 0.25) is 10.0 Å². The first-order valence-electron chi connectivity index (χ1n) is 10.5. The van der Waals surface area contributed by atoms with Crippen LogP contribution in [0.4, 0.5) is 11.4 Å². The Morgan fingerprint density at radius 1 is 1.03 bits per heavy atom. The summed E-state index contributed by atoms with van der Waals surface area (Å²) in [7, 11) is 0. The predicted octanol–water partition coefficient (Wildman–Crippen LogP) is 7.59. The van der Waals surface area contributed by atoms with Crippen LogP contribution in [0.15, 0.2) is 77.1 Å². The molecule has 0 fully saturated rings. The lowest BCUT2D eigenvalue weighted by Gasteiger charge is -2.28. The number of benzene rings is 3. The van der Waals surface area contributed by atoms with E-state index in [1.54, 1.807) is 47.7 Å². The Morgan fingerprint density at radius 2 is 1.82 bits per heavy atom. The summed E-state index contributed by atoms with van der Waals surface area (Å²) in [5, 5.41) is 14.1. The minimum absolute atomic E-state index is 0.0734. The second kappa shape index (κ2) is 9.14. The quantitative estimate of drug-likeness (QED) is 0.216. The highest BCUT2D eigenvalue weighted by molar-refractivity contribution is 7.07. The predicted molar refractivity (Wildman–Crippen MR) is 134 cm³/mol. The van der Waals surface area contributed by atoms with E-state index >= 15 is 0 Å². The molecular formula is C25H19Cl2N3O2S. The second-order valence-electron chi connectivity index (χ2n) is 7.89. The lowest BCUT2D eigenvalue weighted by molar-refractivity contribution is -0.384. The highest BCUT2D eigenvalue weighted by Crippen LogP contribution is 2.36. The number of hydrogen-bond donors (Lipinski definition) is 0. The van der Waals surface area contributed by atoms with Gasteiger partial charge in [0.05, 0.1) is 32.4 Å². The number of rotatable bonds is 4. The van der Waals surface area contributed by atoms with Crippen molar-refractivity contribution < 1.29 is 4.92 Å². The average Bonchev–Trinajstić information content (AvgIpc) is 3.24. The topological polar surface area (TPSA) is 60.4 Å². The van der Waals surface area contributed by atoms with Crippen LogP contribution in [0, 0.1) is 10.1 Å². The maximum Gasteiger partial charge on any atom is 0.269 e. The van der Waals surface area contributed by atoms with Crippen LogP contribution in [0.3, 0.4) is 0 Å². The van der Waals surface area contributed by atoms with Crippen molar-refractivity contribution in [2.75, 3.05) is 0 Å². The minimum atomic E-state index is -0.381. The Balaban J connectivity index is 1.70. The van der Waals surface area contributed by atoms with Crippen LogP contribution in [0.5, 0.6) is 0 Å². The summed E-state index contributed by atoms with van der Waals surface area (Å²) in [5.74, 6) is 0. The van der Waals surface area contributed by atoms with Gasteiger partial charge in [-0.2, -0.15) is 0 Å². The zero-order chi connectivity index (χ0) is 22.9. The maximum atomic E-state index is 11.1. The molecule has 1 unspecified atom stereocenters. The molecule has 5 rings (SSSR count). The van der Waals surface area contributed by atoms with E-state index in [9.17, 15) is 10.1 Å². The van der Waals surface area contributed by atoms with E-state index in [-0.39, 0.29) is 16.7 Å². The molecular weight excluding hydrogens is 477 g/mol. The van der Waals surface area contributed by atoms with Gasteiger partial charge in [0, 0.05) is 17.5 Å². The Morgan fingerprint density at radius 3 is 2.58 bits per heavy atom. The van der Waals surface area contributed by atoms with Gasteiger partial charge >= 0.3 is 0 Å².